The molecule has 0 aromatic heterocycles. The summed E-state index contributed by atoms with van der Waals surface area (Å²) < 4.78 is 5.22. The van der Waals surface area contributed by atoms with Crippen LogP contribution in [0, 0.1) is 0 Å². The molecule has 0 aromatic rings. The van der Waals surface area contributed by atoms with Gasteiger partial charge in [0.25, 0.3) is 0 Å². The fourth-order valence-corrected chi connectivity index (χ4v) is 1.67. The van der Waals surface area contributed by atoms with Gasteiger partial charge < -0.3 is 20.5 Å². The zero-order chi connectivity index (χ0) is 11.6. The van der Waals surface area contributed by atoms with E-state index in [1.54, 1.807) is 0 Å². The molecule has 0 aromatic carbocycles. The summed E-state index contributed by atoms with van der Waals surface area (Å²) in [5.74, 6) is 0. The second-order valence-corrected chi connectivity index (χ2v) is 4.83. The van der Waals surface area contributed by atoms with Gasteiger partial charge in [0.2, 0.25) is 0 Å². The highest BCUT2D eigenvalue weighted by Gasteiger charge is 2.37. The van der Waals surface area contributed by atoms with Crippen LogP contribution in [0.2, 0.25) is 0 Å². The van der Waals surface area contributed by atoms with E-state index >= 15 is 0 Å². The van der Waals surface area contributed by atoms with Gasteiger partial charge in [-0.25, -0.2) is 4.79 Å². The Balaban J connectivity index is 2.60. The zero-order valence-corrected chi connectivity index (χ0v) is 9.56. The molecule has 1 heterocycles. The lowest BCUT2D eigenvalue weighted by atomic mass is 10.2. The minimum atomic E-state index is -0.525. The molecule has 1 rings (SSSR count). The number of rotatable bonds is 1. The first-order chi connectivity index (χ1) is 6.85. The number of carbonyl (C=O) groups is 1. The highest BCUT2D eigenvalue weighted by atomic mass is 16.6. The van der Waals surface area contributed by atoms with E-state index in [4.69, 9.17) is 10.5 Å². The van der Waals surface area contributed by atoms with Crippen LogP contribution in [0.25, 0.3) is 0 Å². The van der Waals surface area contributed by atoms with E-state index in [0.29, 0.717) is 13.0 Å². The van der Waals surface area contributed by atoms with Crippen molar-refractivity contribution >= 4 is 6.09 Å². The van der Waals surface area contributed by atoms with Crippen molar-refractivity contribution in [1.82, 2.24) is 4.90 Å². The molecule has 0 aliphatic carbocycles. The fraction of sp³-hybridized carbons (Fsp3) is 0.900. The highest BCUT2D eigenvalue weighted by molar-refractivity contribution is 5.69. The molecule has 0 spiro atoms. The Morgan fingerprint density at radius 2 is 2.20 bits per heavy atom. The summed E-state index contributed by atoms with van der Waals surface area (Å²) in [4.78, 5) is 13.2. The van der Waals surface area contributed by atoms with Gasteiger partial charge in [-0.15, -0.1) is 0 Å². The molecule has 88 valence electrons. The third-order valence-electron chi connectivity index (χ3n) is 2.38. The second-order valence-electron chi connectivity index (χ2n) is 4.83. The molecule has 15 heavy (non-hydrogen) atoms. The summed E-state index contributed by atoms with van der Waals surface area (Å²) in [7, 11) is 0. The van der Waals surface area contributed by atoms with E-state index in [1.807, 2.05) is 20.8 Å². The van der Waals surface area contributed by atoms with Crippen molar-refractivity contribution in [1.29, 1.82) is 0 Å². The average Bonchev–Trinajstić information content (AvgIpc) is 2.43. The van der Waals surface area contributed by atoms with Crippen molar-refractivity contribution in [2.75, 3.05) is 13.1 Å². The Morgan fingerprint density at radius 3 is 2.67 bits per heavy atom. The Morgan fingerprint density at radius 1 is 1.60 bits per heavy atom. The van der Waals surface area contributed by atoms with E-state index in [9.17, 15) is 9.90 Å². The van der Waals surface area contributed by atoms with Gasteiger partial charge in [0.1, 0.15) is 5.60 Å². The SMILES string of the molecule is CC(C)(C)OC(=O)N1CCC(O)C1CN. The maximum Gasteiger partial charge on any atom is 0.410 e. The minimum absolute atomic E-state index is 0.264. The normalized spacial score (nSPS) is 26.9. The number of hydrogen-bond acceptors (Lipinski definition) is 4. The van der Waals surface area contributed by atoms with Crippen LogP contribution in [0.15, 0.2) is 0 Å². The number of amides is 1. The van der Waals surface area contributed by atoms with Crippen molar-refractivity contribution in [2.24, 2.45) is 5.73 Å². The largest absolute Gasteiger partial charge is 0.444 e. The van der Waals surface area contributed by atoms with Crippen LogP contribution in [-0.2, 0) is 4.74 Å². The second kappa shape index (κ2) is 4.37. The van der Waals surface area contributed by atoms with Crippen LogP contribution in [0.3, 0.4) is 0 Å². The van der Waals surface area contributed by atoms with Gasteiger partial charge in [0, 0.05) is 13.1 Å². The molecule has 1 amide bonds. The first kappa shape index (κ1) is 12.3. The van der Waals surface area contributed by atoms with Crippen molar-refractivity contribution < 1.29 is 14.6 Å². The molecule has 0 radical (unpaired) electrons. The summed E-state index contributed by atoms with van der Waals surface area (Å²) in [6, 6.07) is -0.306. The number of hydrogen-bond donors (Lipinski definition) is 2. The molecule has 2 unspecified atom stereocenters. The standard InChI is InChI=1S/C10H20N2O3/c1-10(2,3)15-9(14)12-5-4-8(13)7(12)6-11/h7-8,13H,4-6,11H2,1-3H3. The fourth-order valence-electron chi connectivity index (χ4n) is 1.67. The van der Waals surface area contributed by atoms with Crippen LogP contribution in [-0.4, -0.2) is 46.9 Å². The molecule has 2 atom stereocenters. The van der Waals surface area contributed by atoms with Crippen LogP contribution in [0.1, 0.15) is 27.2 Å². The molecule has 1 aliphatic heterocycles. The van der Waals surface area contributed by atoms with Gasteiger partial charge >= 0.3 is 6.09 Å². The molecule has 3 N–H and O–H groups in total. The van der Waals surface area contributed by atoms with Gasteiger partial charge in [-0.3, -0.25) is 0 Å². The van der Waals surface area contributed by atoms with E-state index in [0.717, 1.165) is 0 Å². The number of ether oxygens (including phenoxy) is 1. The first-order valence-electron chi connectivity index (χ1n) is 5.23. The van der Waals surface area contributed by atoms with Crippen LogP contribution < -0.4 is 5.73 Å². The van der Waals surface area contributed by atoms with Gasteiger partial charge in [-0.2, -0.15) is 0 Å². The van der Waals surface area contributed by atoms with E-state index in [2.05, 4.69) is 0 Å². The van der Waals surface area contributed by atoms with E-state index < -0.39 is 17.8 Å². The van der Waals surface area contributed by atoms with Crippen molar-refractivity contribution in [3.8, 4) is 0 Å². The molecule has 1 aliphatic rings. The monoisotopic (exact) mass is 216 g/mol. The number of nitrogens with two attached hydrogens (primary N) is 1. The number of carbonyl (C=O) groups excluding carboxylic acids is 1. The van der Waals surface area contributed by atoms with E-state index in [1.165, 1.54) is 4.90 Å². The third kappa shape index (κ3) is 3.07. The van der Waals surface area contributed by atoms with Crippen molar-refractivity contribution in [3.63, 3.8) is 0 Å². The summed E-state index contributed by atoms with van der Waals surface area (Å²) in [6.45, 7) is 6.22. The Hall–Kier alpha value is -0.810. The molecular formula is C10H20N2O3. The van der Waals surface area contributed by atoms with Crippen molar-refractivity contribution in [3.05, 3.63) is 0 Å². The Labute approximate surface area is 90.2 Å². The van der Waals surface area contributed by atoms with Gasteiger partial charge in [-0.1, -0.05) is 0 Å². The van der Waals surface area contributed by atoms with Crippen LogP contribution in [0.4, 0.5) is 4.79 Å². The molecule has 5 heteroatoms. The zero-order valence-electron chi connectivity index (χ0n) is 9.56. The lowest BCUT2D eigenvalue weighted by Gasteiger charge is -2.28. The summed E-state index contributed by atoms with van der Waals surface area (Å²) in [5.41, 5.74) is 5.00. The molecule has 5 nitrogen and oxygen atoms in total. The predicted octanol–water partition coefficient (Wildman–Crippen LogP) is 0.315. The lowest BCUT2D eigenvalue weighted by molar-refractivity contribution is 0.0166. The van der Waals surface area contributed by atoms with Crippen LogP contribution in [0.5, 0.6) is 0 Å². The molecule has 1 saturated heterocycles. The summed E-state index contributed by atoms with van der Waals surface area (Å²) >= 11 is 0. The van der Waals surface area contributed by atoms with Crippen LogP contribution >= 0.6 is 0 Å². The maximum atomic E-state index is 11.7. The molecule has 0 saturated carbocycles. The smallest absolute Gasteiger partial charge is 0.410 e. The molecule has 1 fully saturated rings. The summed E-state index contributed by atoms with van der Waals surface area (Å²) in [5, 5.41) is 9.58. The average molecular weight is 216 g/mol. The van der Waals surface area contributed by atoms with Crippen molar-refractivity contribution in [2.45, 2.75) is 44.9 Å². The highest BCUT2D eigenvalue weighted by Crippen LogP contribution is 2.20. The number of aliphatic hydroxyl groups excluding tert-OH is 1. The number of aliphatic hydroxyl groups is 1. The van der Waals surface area contributed by atoms with E-state index in [-0.39, 0.29) is 12.6 Å². The number of likely N-dealkylation sites (tertiary alicyclic amines) is 1. The molecular weight excluding hydrogens is 196 g/mol. The Bertz CT molecular complexity index is 237. The predicted molar refractivity (Wildman–Crippen MR) is 56.4 cm³/mol. The Kier molecular flexibility index (Phi) is 3.57. The topological polar surface area (TPSA) is 75.8 Å². The quantitative estimate of drug-likeness (QED) is 0.661. The molecule has 0 bridgehead atoms. The van der Waals surface area contributed by atoms with Gasteiger partial charge in [0.05, 0.1) is 12.1 Å². The summed E-state index contributed by atoms with van der Waals surface area (Å²) in [6.07, 6.45) is -0.349. The number of nitrogens with zero attached hydrogens (tertiary/aromatic N) is 1. The van der Waals surface area contributed by atoms with Gasteiger partial charge in [-0.05, 0) is 27.2 Å². The van der Waals surface area contributed by atoms with Gasteiger partial charge in [0.15, 0.2) is 0 Å². The third-order valence-corrected chi connectivity index (χ3v) is 2.38. The lowest BCUT2D eigenvalue weighted by Crippen LogP contribution is -2.46. The maximum absolute atomic E-state index is 11.7. The minimum Gasteiger partial charge on any atom is -0.444 e. The first-order valence-corrected chi connectivity index (χ1v) is 5.23.